The van der Waals surface area contributed by atoms with Crippen molar-refractivity contribution in [2.75, 3.05) is 31.9 Å². The lowest BCUT2D eigenvalue weighted by Gasteiger charge is -2.19. The van der Waals surface area contributed by atoms with Gasteiger partial charge in [-0.05, 0) is 221 Å². The van der Waals surface area contributed by atoms with Crippen LogP contribution in [-0.4, -0.2) is 65.3 Å². The van der Waals surface area contributed by atoms with Crippen LogP contribution >= 0.6 is 55.1 Å². The first-order valence-corrected chi connectivity index (χ1v) is 46.8. The van der Waals surface area contributed by atoms with Crippen LogP contribution in [0.25, 0.3) is 65.4 Å². The Morgan fingerprint density at radius 2 is 0.480 bits per heavy atom. The summed E-state index contributed by atoms with van der Waals surface area (Å²) in [7, 11) is 0. The molecule has 0 bridgehead atoms. The molecule has 0 aliphatic heterocycles. The monoisotopic (exact) mass is 1890 g/mol. The van der Waals surface area contributed by atoms with Gasteiger partial charge in [0.2, 0.25) is 35.4 Å². The third-order valence-corrected chi connectivity index (χ3v) is 24.0. The maximum atomic E-state index is 12.3. The van der Waals surface area contributed by atoms with Crippen LogP contribution in [0.2, 0.25) is 10.0 Å². The fraction of sp³-hybridized carbons (Fsp3) is 0.429. The van der Waals surface area contributed by atoms with Crippen LogP contribution in [0.4, 0.5) is 34.9 Å². The molecule has 6 aromatic carbocycles. The minimum Gasteiger partial charge on any atom is -0.311 e. The summed E-state index contributed by atoms with van der Waals surface area (Å²) in [5.41, 5.74) is 13.1. The van der Waals surface area contributed by atoms with E-state index < -0.39 is 0 Å². The average molecular weight is 1890 g/mol. The van der Waals surface area contributed by atoms with E-state index in [-0.39, 0.29) is 85.7 Å². The molecule has 0 saturated heterocycles. The number of nitrogens with zero attached hydrogens (tertiary/aromatic N) is 6. The van der Waals surface area contributed by atoms with Gasteiger partial charge in [0.15, 0.2) is 11.6 Å². The van der Waals surface area contributed by atoms with Crippen LogP contribution in [0.5, 0.6) is 0 Å². The molecule has 12 aromatic rings. The molecule has 18 nitrogen and oxygen atoms in total. The number of nitrogens with one attached hydrogen (secondary N) is 6. The molecular formula is C105H134Br2Cl2N12O6. The number of anilines is 6. The highest BCUT2D eigenvalue weighted by Gasteiger charge is 2.25. The van der Waals surface area contributed by atoms with Crippen molar-refractivity contribution in [3.05, 3.63) is 210 Å². The van der Waals surface area contributed by atoms with Crippen molar-refractivity contribution in [1.82, 2.24) is 29.9 Å². The van der Waals surface area contributed by atoms with E-state index in [0.717, 1.165) is 113 Å². The van der Waals surface area contributed by atoms with E-state index >= 15 is 0 Å². The van der Waals surface area contributed by atoms with Crippen LogP contribution in [-0.2, 0) is 61.3 Å². The molecule has 6 aromatic heterocycles. The number of amides is 6. The Labute approximate surface area is 780 Å². The smallest absolute Gasteiger partial charge is 0.228 e. The molecule has 0 unspecified atom stereocenters. The van der Waals surface area contributed by atoms with Crippen molar-refractivity contribution < 1.29 is 28.8 Å². The normalized spacial score (nSPS) is 11.8. The lowest BCUT2D eigenvalue weighted by molar-refractivity contribution is -0.120. The van der Waals surface area contributed by atoms with E-state index in [1.165, 1.54) is 33.4 Å². The largest absolute Gasteiger partial charge is 0.311 e. The highest BCUT2D eigenvalue weighted by Crippen LogP contribution is 2.37. The van der Waals surface area contributed by atoms with Gasteiger partial charge in [-0.2, -0.15) is 0 Å². The number of hydrogen-bond acceptors (Lipinski definition) is 12. The van der Waals surface area contributed by atoms with E-state index in [0.29, 0.717) is 64.2 Å². The standard InChI is InChI=1S/C19H25BrN2O.C19H25ClN2O.C19H26N2O.C16H19BrN2O.C16H19ClN2O.C16H20N2O/c2*1-6-12(7-2)18(23)22-17-15(20)10-13-8-9-14(19(3,4)5)11-16(13)21-17;1-6-13(7-2)18(22)21-17-11-9-14-8-10-15(19(3,4)5)12-16(14)20-17;2*1-5-14(20)19-15-12(17)8-10-6-7-11(16(2,3)4)9-13(10)18-15;1-5-15(19)18-14-9-7-11-6-8-12(16(2,3)4)10-13(11)17-14/h2*8-12H,6-7H2,1-5H3,(H,21,22,23);8-13H,6-7H2,1-5H3,(H,20,21,22);2*6-9H,5H2,1-4H3,(H,18,19,20);6-10H,5H2,1-4H3,(H,17,18,19). The summed E-state index contributed by atoms with van der Waals surface area (Å²) in [6.07, 6.45) is 6.29. The highest BCUT2D eigenvalue weighted by molar-refractivity contribution is 9.11. The van der Waals surface area contributed by atoms with Crippen molar-refractivity contribution in [1.29, 1.82) is 0 Å². The summed E-state index contributed by atoms with van der Waals surface area (Å²) < 4.78 is 1.61. The maximum absolute atomic E-state index is 12.3. The number of halogens is 4. The molecule has 0 atom stereocenters. The van der Waals surface area contributed by atoms with E-state index in [2.05, 4.69) is 309 Å². The molecule has 0 spiro atoms. The number of fused-ring (bicyclic) bond motifs is 6. The number of pyridine rings is 6. The average Bonchev–Trinajstić information content (AvgIpc) is 0.808. The van der Waals surface area contributed by atoms with Crippen LogP contribution < -0.4 is 31.9 Å². The summed E-state index contributed by atoms with van der Waals surface area (Å²) >= 11 is 19.4. The van der Waals surface area contributed by atoms with Crippen molar-refractivity contribution in [3.63, 3.8) is 0 Å². The Morgan fingerprint density at radius 1 is 0.268 bits per heavy atom. The molecule has 12 rings (SSSR count). The van der Waals surface area contributed by atoms with Gasteiger partial charge in [0.25, 0.3) is 0 Å². The predicted octanol–water partition coefficient (Wildman–Crippen LogP) is 29.2. The number of carbonyl (C=O) groups is 6. The van der Waals surface area contributed by atoms with Gasteiger partial charge >= 0.3 is 0 Å². The zero-order valence-corrected chi connectivity index (χ0v) is 84.4. The second kappa shape index (κ2) is 45.4. The Morgan fingerprint density at radius 3 is 0.764 bits per heavy atom. The summed E-state index contributed by atoms with van der Waals surface area (Å²) in [5, 5.41) is 24.3. The Balaban J connectivity index is 0.000000209. The molecule has 6 N–H and O–H groups in total. The topological polar surface area (TPSA) is 252 Å². The number of hydrogen-bond donors (Lipinski definition) is 6. The van der Waals surface area contributed by atoms with Gasteiger partial charge < -0.3 is 31.9 Å². The third-order valence-electron chi connectivity index (χ3n) is 22.2. The second-order valence-corrected chi connectivity index (χ2v) is 40.8. The Hall–Kier alpha value is -9.86. The molecule has 678 valence electrons. The van der Waals surface area contributed by atoms with Crippen molar-refractivity contribution >= 4 is 191 Å². The lowest BCUT2D eigenvalue weighted by Crippen LogP contribution is -2.22. The summed E-state index contributed by atoms with van der Waals surface area (Å²) in [5.74, 6) is 3.31. The van der Waals surface area contributed by atoms with E-state index in [1.807, 2.05) is 122 Å². The number of carbonyl (C=O) groups excluding carboxylic acids is 6. The minimum atomic E-state index is -0.0919. The van der Waals surface area contributed by atoms with Crippen LogP contribution in [0.15, 0.2) is 167 Å². The molecule has 6 heterocycles. The SMILES string of the molecule is CCC(=O)Nc1ccc2ccc(C(C)(C)C)cc2n1.CCC(=O)Nc1nc2cc(C(C)(C)C)ccc2cc1Br.CCC(=O)Nc1nc2cc(C(C)(C)C)ccc2cc1Cl.CCC(CC)C(=O)Nc1ccc2ccc(C(C)(C)C)cc2n1.CCC(CC)C(=O)Nc1nc2cc(C(C)(C)C)ccc2cc1Br.CCC(CC)C(=O)Nc1nc2cc(C(C)(C)C)ccc2cc1Cl. The fourth-order valence-electron chi connectivity index (χ4n) is 13.4. The molecule has 22 heteroatoms. The van der Waals surface area contributed by atoms with E-state index in [1.54, 1.807) is 6.92 Å². The molecule has 0 radical (unpaired) electrons. The van der Waals surface area contributed by atoms with Gasteiger partial charge in [0, 0.05) is 69.3 Å². The fourth-order valence-corrected chi connectivity index (χ4v) is 14.7. The van der Waals surface area contributed by atoms with Gasteiger partial charge in [-0.25, -0.2) is 29.9 Å². The Bertz CT molecular complexity index is 5640. The number of benzene rings is 6. The highest BCUT2D eigenvalue weighted by atomic mass is 79.9. The first-order chi connectivity index (χ1) is 59.4. The maximum Gasteiger partial charge on any atom is 0.228 e. The van der Waals surface area contributed by atoms with Crippen LogP contribution in [0.1, 0.15) is 278 Å². The quantitative estimate of drug-likeness (QED) is 0.0469. The van der Waals surface area contributed by atoms with Crippen molar-refractivity contribution in [3.8, 4) is 0 Å². The zero-order valence-electron chi connectivity index (χ0n) is 79.8. The second-order valence-electron chi connectivity index (χ2n) is 38.3. The summed E-state index contributed by atoms with van der Waals surface area (Å²) in [6, 6.07) is 53.0. The summed E-state index contributed by atoms with van der Waals surface area (Å²) in [6.45, 7) is 56.7. The van der Waals surface area contributed by atoms with E-state index in [9.17, 15) is 28.8 Å². The van der Waals surface area contributed by atoms with Gasteiger partial charge in [0.1, 0.15) is 23.3 Å². The summed E-state index contributed by atoms with van der Waals surface area (Å²) in [4.78, 5) is 98.6. The van der Waals surface area contributed by atoms with Crippen molar-refractivity contribution in [2.24, 2.45) is 17.8 Å². The predicted molar refractivity (Wildman–Crippen MR) is 543 cm³/mol. The van der Waals surface area contributed by atoms with Crippen LogP contribution in [0.3, 0.4) is 0 Å². The molecule has 0 aliphatic rings. The van der Waals surface area contributed by atoms with Crippen LogP contribution in [0, 0.1) is 17.8 Å². The van der Waals surface area contributed by atoms with Gasteiger partial charge in [-0.15, -0.1) is 0 Å². The molecular weight excluding hydrogens is 1760 g/mol. The first kappa shape index (κ1) is 104. The van der Waals surface area contributed by atoms with Gasteiger partial charge in [0.05, 0.1) is 52.1 Å². The molecule has 127 heavy (non-hydrogen) atoms. The van der Waals surface area contributed by atoms with Crippen molar-refractivity contribution in [2.45, 2.75) is 277 Å². The third kappa shape index (κ3) is 30.1. The molecule has 0 fully saturated rings. The molecule has 0 saturated carbocycles. The first-order valence-electron chi connectivity index (χ1n) is 44.5. The van der Waals surface area contributed by atoms with Gasteiger partial charge in [-0.1, -0.05) is 283 Å². The number of rotatable bonds is 18. The minimum absolute atomic E-state index is 0.00975. The Kier molecular flexibility index (Phi) is 37.3. The van der Waals surface area contributed by atoms with E-state index in [4.69, 9.17) is 23.2 Å². The zero-order chi connectivity index (χ0) is 94.6. The van der Waals surface area contributed by atoms with Gasteiger partial charge in [-0.3, -0.25) is 28.8 Å². The molecule has 0 aliphatic carbocycles. The molecule has 6 amide bonds. The lowest BCUT2D eigenvalue weighted by atomic mass is 9.86. The number of aromatic nitrogens is 6.